The molecule has 14 heavy (non-hydrogen) atoms. The largest absolute Gasteiger partial charge is 0.380 e. The zero-order chi connectivity index (χ0) is 10.8. The summed E-state index contributed by atoms with van der Waals surface area (Å²) in [7, 11) is 2.02. The molecule has 1 unspecified atom stereocenters. The van der Waals surface area contributed by atoms with E-state index in [9.17, 15) is 0 Å². The molecular weight excluding hydrogens is 174 g/mol. The standard InChI is InChI=1S/C12H27NO/c1-5-9-14-10-12(13-4)8-6-7-11(2)3/h11-13H,5-10H2,1-4H3. The molecule has 2 nitrogen and oxygen atoms in total. The summed E-state index contributed by atoms with van der Waals surface area (Å²) in [6, 6.07) is 0.542. The maximum absolute atomic E-state index is 5.53. The zero-order valence-electron chi connectivity index (χ0n) is 10.3. The molecule has 2 heteroatoms. The van der Waals surface area contributed by atoms with Gasteiger partial charge in [-0.15, -0.1) is 0 Å². The summed E-state index contributed by atoms with van der Waals surface area (Å²) in [4.78, 5) is 0. The molecule has 0 fully saturated rings. The van der Waals surface area contributed by atoms with Crippen molar-refractivity contribution in [1.29, 1.82) is 0 Å². The average Bonchev–Trinajstić information content (AvgIpc) is 2.15. The highest BCUT2D eigenvalue weighted by molar-refractivity contribution is 4.63. The van der Waals surface area contributed by atoms with E-state index in [-0.39, 0.29) is 0 Å². The lowest BCUT2D eigenvalue weighted by Crippen LogP contribution is -2.30. The molecule has 0 aromatic rings. The second kappa shape index (κ2) is 9.47. The second-order valence-electron chi connectivity index (χ2n) is 4.39. The van der Waals surface area contributed by atoms with Crippen LogP contribution in [0.15, 0.2) is 0 Å². The molecule has 0 saturated heterocycles. The van der Waals surface area contributed by atoms with Gasteiger partial charge in [-0.3, -0.25) is 0 Å². The van der Waals surface area contributed by atoms with Crippen molar-refractivity contribution in [1.82, 2.24) is 5.32 Å². The number of rotatable bonds is 9. The van der Waals surface area contributed by atoms with Crippen molar-refractivity contribution in [3.63, 3.8) is 0 Å². The smallest absolute Gasteiger partial charge is 0.0619 e. The minimum Gasteiger partial charge on any atom is -0.380 e. The van der Waals surface area contributed by atoms with Crippen molar-refractivity contribution in [3.8, 4) is 0 Å². The van der Waals surface area contributed by atoms with Crippen LogP contribution in [0.25, 0.3) is 0 Å². The molecular formula is C12H27NO. The average molecular weight is 201 g/mol. The van der Waals surface area contributed by atoms with Crippen LogP contribution in [-0.4, -0.2) is 26.3 Å². The molecule has 0 rings (SSSR count). The van der Waals surface area contributed by atoms with Crippen LogP contribution in [0.2, 0.25) is 0 Å². The molecule has 0 spiro atoms. The minimum absolute atomic E-state index is 0.542. The summed E-state index contributed by atoms with van der Waals surface area (Å²) >= 11 is 0. The van der Waals surface area contributed by atoms with Crippen LogP contribution >= 0.6 is 0 Å². The molecule has 86 valence electrons. The van der Waals surface area contributed by atoms with Gasteiger partial charge in [0, 0.05) is 12.6 Å². The highest BCUT2D eigenvalue weighted by Gasteiger charge is 2.05. The van der Waals surface area contributed by atoms with Crippen LogP contribution < -0.4 is 5.32 Å². The van der Waals surface area contributed by atoms with Gasteiger partial charge in [-0.1, -0.05) is 33.6 Å². The molecule has 0 amide bonds. The first kappa shape index (κ1) is 13.9. The maximum atomic E-state index is 5.53. The molecule has 0 aliphatic carbocycles. The number of ether oxygens (including phenoxy) is 1. The third kappa shape index (κ3) is 8.52. The number of nitrogens with one attached hydrogen (secondary N) is 1. The lowest BCUT2D eigenvalue weighted by atomic mass is 10.0. The Hall–Kier alpha value is -0.0800. The van der Waals surface area contributed by atoms with Gasteiger partial charge in [-0.2, -0.15) is 0 Å². The van der Waals surface area contributed by atoms with Crippen molar-refractivity contribution in [3.05, 3.63) is 0 Å². The Balaban J connectivity index is 3.38. The summed E-state index contributed by atoms with van der Waals surface area (Å²) < 4.78 is 5.53. The van der Waals surface area contributed by atoms with Crippen molar-refractivity contribution in [2.75, 3.05) is 20.3 Å². The summed E-state index contributed by atoms with van der Waals surface area (Å²) in [6.07, 6.45) is 4.98. The van der Waals surface area contributed by atoms with Gasteiger partial charge in [0.1, 0.15) is 0 Å². The van der Waals surface area contributed by atoms with Gasteiger partial charge in [-0.05, 0) is 25.8 Å². The molecule has 0 heterocycles. The maximum Gasteiger partial charge on any atom is 0.0619 e. The van der Waals surface area contributed by atoms with Crippen LogP contribution in [0, 0.1) is 5.92 Å². The van der Waals surface area contributed by atoms with Crippen LogP contribution in [0.5, 0.6) is 0 Å². The van der Waals surface area contributed by atoms with E-state index in [2.05, 4.69) is 26.1 Å². The fourth-order valence-electron chi connectivity index (χ4n) is 1.45. The number of hydrogen-bond donors (Lipinski definition) is 1. The molecule has 0 aromatic heterocycles. The van der Waals surface area contributed by atoms with E-state index in [4.69, 9.17) is 4.74 Å². The van der Waals surface area contributed by atoms with E-state index >= 15 is 0 Å². The third-order valence-electron chi connectivity index (χ3n) is 2.41. The van der Waals surface area contributed by atoms with Crippen molar-refractivity contribution in [2.45, 2.75) is 52.5 Å². The van der Waals surface area contributed by atoms with Crippen molar-refractivity contribution >= 4 is 0 Å². The Kier molecular flexibility index (Phi) is 9.42. The predicted octanol–water partition coefficient (Wildman–Crippen LogP) is 2.83. The van der Waals surface area contributed by atoms with E-state index in [1.807, 2.05) is 7.05 Å². The van der Waals surface area contributed by atoms with Crippen molar-refractivity contribution < 1.29 is 4.74 Å². The van der Waals surface area contributed by atoms with E-state index in [0.29, 0.717) is 6.04 Å². The first-order valence-corrected chi connectivity index (χ1v) is 5.95. The molecule has 0 aromatic carbocycles. The van der Waals surface area contributed by atoms with E-state index in [0.717, 1.165) is 25.6 Å². The monoisotopic (exact) mass is 201 g/mol. The zero-order valence-corrected chi connectivity index (χ0v) is 10.3. The summed E-state index contributed by atoms with van der Waals surface area (Å²) in [5.41, 5.74) is 0. The lowest BCUT2D eigenvalue weighted by molar-refractivity contribution is 0.110. The van der Waals surface area contributed by atoms with Gasteiger partial charge in [0.25, 0.3) is 0 Å². The lowest BCUT2D eigenvalue weighted by Gasteiger charge is -2.16. The van der Waals surface area contributed by atoms with Crippen LogP contribution in [0.3, 0.4) is 0 Å². The second-order valence-corrected chi connectivity index (χ2v) is 4.39. The summed E-state index contributed by atoms with van der Waals surface area (Å²) in [5, 5.41) is 3.31. The minimum atomic E-state index is 0.542. The van der Waals surface area contributed by atoms with Gasteiger partial charge >= 0.3 is 0 Å². The molecule has 0 radical (unpaired) electrons. The Labute approximate surface area is 89.4 Å². The summed E-state index contributed by atoms with van der Waals surface area (Å²) in [5.74, 6) is 0.823. The molecule has 0 aliphatic heterocycles. The molecule has 0 bridgehead atoms. The highest BCUT2D eigenvalue weighted by atomic mass is 16.5. The Bertz CT molecular complexity index is 115. The molecule has 1 atom stereocenters. The quantitative estimate of drug-likeness (QED) is 0.579. The number of hydrogen-bond acceptors (Lipinski definition) is 2. The molecule has 0 saturated carbocycles. The Morgan fingerprint density at radius 1 is 1.21 bits per heavy atom. The third-order valence-corrected chi connectivity index (χ3v) is 2.41. The highest BCUT2D eigenvalue weighted by Crippen LogP contribution is 2.08. The fraction of sp³-hybridized carbons (Fsp3) is 1.00. The van der Waals surface area contributed by atoms with Gasteiger partial charge in [0.15, 0.2) is 0 Å². The van der Waals surface area contributed by atoms with Crippen LogP contribution in [-0.2, 0) is 4.74 Å². The predicted molar refractivity (Wildman–Crippen MR) is 62.6 cm³/mol. The van der Waals surface area contributed by atoms with Crippen molar-refractivity contribution in [2.24, 2.45) is 5.92 Å². The Morgan fingerprint density at radius 2 is 1.93 bits per heavy atom. The van der Waals surface area contributed by atoms with Crippen LogP contribution in [0.4, 0.5) is 0 Å². The van der Waals surface area contributed by atoms with E-state index in [1.54, 1.807) is 0 Å². The van der Waals surface area contributed by atoms with Gasteiger partial charge in [-0.25, -0.2) is 0 Å². The Morgan fingerprint density at radius 3 is 2.43 bits per heavy atom. The SMILES string of the molecule is CCCOCC(CCCC(C)C)NC. The first-order chi connectivity index (χ1) is 6.70. The fourth-order valence-corrected chi connectivity index (χ4v) is 1.45. The first-order valence-electron chi connectivity index (χ1n) is 5.95. The number of likely N-dealkylation sites (N-methyl/N-ethyl adjacent to an activating group) is 1. The normalized spacial score (nSPS) is 13.5. The van der Waals surface area contributed by atoms with Crippen LogP contribution in [0.1, 0.15) is 46.5 Å². The van der Waals surface area contributed by atoms with E-state index < -0.39 is 0 Å². The van der Waals surface area contributed by atoms with Gasteiger partial charge in [0.05, 0.1) is 6.61 Å². The van der Waals surface area contributed by atoms with Gasteiger partial charge in [0.2, 0.25) is 0 Å². The molecule has 1 N–H and O–H groups in total. The summed E-state index contributed by atoms with van der Waals surface area (Å²) in [6.45, 7) is 8.46. The van der Waals surface area contributed by atoms with E-state index in [1.165, 1.54) is 19.3 Å². The topological polar surface area (TPSA) is 21.3 Å². The van der Waals surface area contributed by atoms with Gasteiger partial charge < -0.3 is 10.1 Å². The molecule has 0 aliphatic rings.